The molecule has 1 fully saturated rings. The third kappa shape index (κ3) is 2.82. The molecule has 1 unspecified atom stereocenters. The van der Waals surface area contributed by atoms with Crippen LogP contribution in [0.3, 0.4) is 0 Å². The van der Waals surface area contributed by atoms with E-state index in [2.05, 4.69) is 18.7 Å². The smallest absolute Gasteiger partial charge is 0.0700 e. The van der Waals surface area contributed by atoms with Crippen LogP contribution in [0.1, 0.15) is 39.5 Å². The molecule has 1 nitrogen and oxygen atoms in total. The molecule has 1 saturated heterocycles. The van der Waals surface area contributed by atoms with Gasteiger partial charge in [-0.2, -0.15) is 0 Å². The topological polar surface area (TPSA) is 3.24 Å². The molecule has 2 heteroatoms. The van der Waals surface area contributed by atoms with E-state index in [9.17, 15) is 0 Å². The van der Waals surface area contributed by atoms with Crippen LogP contribution in [-0.4, -0.2) is 31.9 Å². The van der Waals surface area contributed by atoms with Crippen LogP contribution in [-0.2, 0) is 0 Å². The number of likely N-dealkylation sites (tertiary alicyclic amines) is 1. The fraction of sp³-hybridized carbons (Fsp3) is 1.00. The van der Waals surface area contributed by atoms with Gasteiger partial charge in [0.15, 0.2) is 0 Å². The maximum absolute atomic E-state index is 5.84. The van der Waals surface area contributed by atoms with Gasteiger partial charge in [0.2, 0.25) is 0 Å². The Morgan fingerprint density at radius 3 is 2.50 bits per heavy atom. The lowest BCUT2D eigenvalue weighted by Gasteiger charge is -2.35. The minimum absolute atomic E-state index is 0.468. The Hall–Kier alpha value is 0.0249. The first kappa shape index (κ1) is 10.1. The first-order valence-electron chi connectivity index (χ1n) is 5.23. The second-order valence-electron chi connectivity index (χ2n) is 4.01. The zero-order valence-corrected chi connectivity index (χ0v) is 8.42. The van der Waals surface area contributed by atoms with Crippen LogP contribution >= 0.6 is 0 Å². The van der Waals surface area contributed by atoms with E-state index >= 15 is 0 Å². The molecular weight excluding hydrogens is 145 g/mol. The second kappa shape index (κ2) is 4.91. The van der Waals surface area contributed by atoms with Crippen molar-refractivity contribution in [2.45, 2.75) is 51.4 Å². The average Bonchev–Trinajstić information content (AvgIpc) is 2.06. The molecule has 0 aromatic heterocycles. The van der Waals surface area contributed by atoms with Gasteiger partial charge in [-0.1, -0.05) is 19.2 Å². The molecule has 2 radical (unpaired) electrons. The Labute approximate surface area is 77.9 Å². The molecule has 0 aliphatic carbocycles. The van der Waals surface area contributed by atoms with Crippen molar-refractivity contribution >= 4 is 7.85 Å². The van der Waals surface area contributed by atoms with E-state index in [0.717, 1.165) is 6.04 Å². The van der Waals surface area contributed by atoms with E-state index in [1.807, 2.05) is 0 Å². The van der Waals surface area contributed by atoms with Crippen molar-refractivity contribution in [1.29, 1.82) is 0 Å². The van der Waals surface area contributed by atoms with Crippen molar-refractivity contribution in [1.82, 2.24) is 4.90 Å². The first-order chi connectivity index (χ1) is 5.74. The van der Waals surface area contributed by atoms with Gasteiger partial charge in [0.1, 0.15) is 0 Å². The zero-order valence-electron chi connectivity index (χ0n) is 8.42. The standard InChI is InChI=1S/C10H20BN/c1-3-4-9(2)12-7-5-10(11)6-8-12/h9-10H,3-8H2,1-2H3. The number of piperidine rings is 1. The summed E-state index contributed by atoms with van der Waals surface area (Å²) in [4.78, 5) is 2.58. The molecule has 0 amide bonds. The van der Waals surface area contributed by atoms with Crippen molar-refractivity contribution in [2.24, 2.45) is 0 Å². The summed E-state index contributed by atoms with van der Waals surface area (Å²) < 4.78 is 0. The van der Waals surface area contributed by atoms with E-state index in [0.29, 0.717) is 5.82 Å². The van der Waals surface area contributed by atoms with Crippen molar-refractivity contribution in [3.63, 3.8) is 0 Å². The summed E-state index contributed by atoms with van der Waals surface area (Å²) in [7, 11) is 5.84. The second-order valence-corrected chi connectivity index (χ2v) is 4.01. The lowest BCUT2D eigenvalue weighted by molar-refractivity contribution is 0.166. The van der Waals surface area contributed by atoms with E-state index in [1.54, 1.807) is 0 Å². The van der Waals surface area contributed by atoms with Crippen LogP contribution in [0.15, 0.2) is 0 Å². The fourth-order valence-corrected chi connectivity index (χ4v) is 1.96. The predicted molar refractivity (Wildman–Crippen MR) is 54.7 cm³/mol. The van der Waals surface area contributed by atoms with Gasteiger partial charge >= 0.3 is 0 Å². The summed E-state index contributed by atoms with van der Waals surface area (Å²) >= 11 is 0. The normalized spacial score (nSPS) is 24.2. The van der Waals surface area contributed by atoms with E-state index in [1.165, 1.54) is 38.8 Å². The third-order valence-electron chi connectivity index (χ3n) is 2.90. The Balaban J connectivity index is 2.24. The van der Waals surface area contributed by atoms with Crippen molar-refractivity contribution in [2.75, 3.05) is 13.1 Å². The van der Waals surface area contributed by atoms with E-state index in [4.69, 9.17) is 7.85 Å². The Morgan fingerprint density at radius 2 is 2.00 bits per heavy atom. The number of hydrogen-bond acceptors (Lipinski definition) is 1. The van der Waals surface area contributed by atoms with Crippen LogP contribution in [0.2, 0.25) is 5.82 Å². The van der Waals surface area contributed by atoms with Gasteiger partial charge in [0.05, 0.1) is 7.85 Å². The lowest BCUT2D eigenvalue weighted by atomic mass is 9.79. The van der Waals surface area contributed by atoms with Gasteiger partial charge in [0.25, 0.3) is 0 Å². The van der Waals surface area contributed by atoms with Crippen molar-refractivity contribution < 1.29 is 0 Å². The maximum Gasteiger partial charge on any atom is 0.0700 e. The quantitative estimate of drug-likeness (QED) is 0.579. The highest BCUT2D eigenvalue weighted by Gasteiger charge is 2.18. The number of rotatable bonds is 3. The van der Waals surface area contributed by atoms with Gasteiger partial charge in [0, 0.05) is 6.04 Å². The molecule has 12 heavy (non-hydrogen) atoms. The summed E-state index contributed by atoms with van der Waals surface area (Å²) in [5, 5.41) is 0. The van der Waals surface area contributed by atoms with Crippen LogP contribution in [0.25, 0.3) is 0 Å². The molecule has 0 spiro atoms. The minimum atomic E-state index is 0.468. The molecule has 1 aliphatic rings. The molecule has 1 heterocycles. The molecule has 0 aromatic rings. The summed E-state index contributed by atoms with van der Waals surface area (Å²) in [6, 6.07) is 0.766. The molecule has 1 atom stereocenters. The SMILES string of the molecule is [B]C1CCN(C(C)CCC)CC1. The van der Waals surface area contributed by atoms with Crippen LogP contribution < -0.4 is 0 Å². The molecule has 0 bridgehead atoms. The van der Waals surface area contributed by atoms with E-state index < -0.39 is 0 Å². The molecule has 0 N–H and O–H groups in total. The van der Waals surface area contributed by atoms with Gasteiger partial charge in [-0.25, -0.2) is 0 Å². The van der Waals surface area contributed by atoms with Gasteiger partial charge in [-0.15, -0.1) is 0 Å². The van der Waals surface area contributed by atoms with Gasteiger partial charge in [-0.05, 0) is 39.3 Å². The summed E-state index contributed by atoms with van der Waals surface area (Å²) in [6.45, 7) is 7.01. The predicted octanol–water partition coefficient (Wildman–Crippen LogP) is 2.23. The Kier molecular flexibility index (Phi) is 4.13. The Bertz CT molecular complexity index is 119. The minimum Gasteiger partial charge on any atom is -0.301 e. The highest BCUT2D eigenvalue weighted by molar-refractivity contribution is 6.11. The molecule has 1 rings (SSSR count). The molecule has 1 aliphatic heterocycles. The third-order valence-corrected chi connectivity index (χ3v) is 2.90. The monoisotopic (exact) mass is 165 g/mol. The lowest BCUT2D eigenvalue weighted by Crippen LogP contribution is -2.38. The summed E-state index contributed by atoms with van der Waals surface area (Å²) in [5.74, 6) is 0.468. The molecular formula is C10H20BN. The van der Waals surface area contributed by atoms with Gasteiger partial charge in [-0.3, -0.25) is 0 Å². The maximum atomic E-state index is 5.84. The molecule has 0 saturated carbocycles. The van der Waals surface area contributed by atoms with Crippen molar-refractivity contribution in [3.05, 3.63) is 0 Å². The van der Waals surface area contributed by atoms with Crippen LogP contribution in [0.4, 0.5) is 0 Å². The van der Waals surface area contributed by atoms with Crippen LogP contribution in [0.5, 0.6) is 0 Å². The Morgan fingerprint density at radius 1 is 1.42 bits per heavy atom. The number of nitrogens with zero attached hydrogens (tertiary/aromatic N) is 1. The highest BCUT2D eigenvalue weighted by atomic mass is 15.1. The van der Waals surface area contributed by atoms with Crippen molar-refractivity contribution in [3.8, 4) is 0 Å². The molecule has 0 aromatic carbocycles. The van der Waals surface area contributed by atoms with Crippen LogP contribution in [0, 0.1) is 0 Å². The molecule has 68 valence electrons. The average molecular weight is 165 g/mol. The van der Waals surface area contributed by atoms with E-state index in [-0.39, 0.29) is 0 Å². The first-order valence-corrected chi connectivity index (χ1v) is 5.23. The zero-order chi connectivity index (χ0) is 8.97. The fourth-order valence-electron chi connectivity index (χ4n) is 1.96. The largest absolute Gasteiger partial charge is 0.301 e. The number of hydrogen-bond donors (Lipinski definition) is 0. The summed E-state index contributed by atoms with van der Waals surface area (Å²) in [6.07, 6.45) is 5.00. The highest BCUT2D eigenvalue weighted by Crippen LogP contribution is 2.21. The van der Waals surface area contributed by atoms with Gasteiger partial charge < -0.3 is 4.90 Å². The summed E-state index contributed by atoms with van der Waals surface area (Å²) in [5.41, 5.74) is 0.